The predicted molar refractivity (Wildman–Crippen MR) is 82.0 cm³/mol. The highest BCUT2D eigenvalue weighted by molar-refractivity contribution is 5.85. The van der Waals surface area contributed by atoms with Gasteiger partial charge in [-0.15, -0.1) is 0 Å². The monoisotopic (exact) mass is 295 g/mol. The first kappa shape index (κ1) is 16.3. The number of aliphatic carboxylic acids is 1. The average molecular weight is 295 g/mol. The Bertz CT molecular complexity index is 361. The molecule has 1 N–H and O–H groups in total. The Kier molecular flexibility index (Phi) is 6.07. The Labute approximate surface area is 127 Å². The summed E-state index contributed by atoms with van der Waals surface area (Å²) < 4.78 is 0. The number of unbranched alkanes of at least 4 members (excludes halogenated alkanes) is 1. The van der Waals surface area contributed by atoms with Crippen LogP contribution in [0.15, 0.2) is 0 Å². The molecule has 21 heavy (non-hydrogen) atoms. The maximum Gasteiger partial charge on any atom is 0.326 e. The standard InChI is InChI=1S/C17H29NO3/c1-2-3-6-13-8-10-14(11-9-13)16(19)18-12-5-4-7-15(18)17(20)21/h13-15H,2-12H2,1H3,(H,20,21)/t13?,14?,15-/m1/s1. The van der Waals surface area contributed by atoms with Gasteiger partial charge in [0.15, 0.2) is 0 Å². The minimum Gasteiger partial charge on any atom is -0.480 e. The third-order valence-electron chi connectivity index (χ3n) is 5.23. The quantitative estimate of drug-likeness (QED) is 0.845. The molecule has 0 aromatic carbocycles. The molecule has 1 saturated carbocycles. The summed E-state index contributed by atoms with van der Waals surface area (Å²) in [4.78, 5) is 25.6. The van der Waals surface area contributed by atoms with Crippen LogP contribution in [-0.2, 0) is 9.59 Å². The summed E-state index contributed by atoms with van der Waals surface area (Å²) in [6.45, 7) is 2.85. The van der Waals surface area contributed by atoms with Crippen molar-refractivity contribution in [3.8, 4) is 0 Å². The minimum atomic E-state index is -0.834. The predicted octanol–water partition coefficient (Wildman–Crippen LogP) is 3.45. The second-order valence-corrected chi connectivity index (χ2v) is 6.74. The number of amides is 1. The molecule has 2 fully saturated rings. The first-order valence-electron chi connectivity index (χ1n) is 8.66. The van der Waals surface area contributed by atoms with E-state index in [1.807, 2.05) is 0 Å². The SMILES string of the molecule is CCCCC1CCC(C(=O)N2CCCC[C@@H]2C(=O)O)CC1. The lowest BCUT2D eigenvalue weighted by Gasteiger charge is -2.37. The van der Waals surface area contributed by atoms with Gasteiger partial charge in [0, 0.05) is 12.5 Å². The molecule has 1 atom stereocenters. The molecule has 120 valence electrons. The van der Waals surface area contributed by atoms with Crippen LogP contribution in [0.1, 0.15) is 71.1 Å². The molecule has 1 aliphatic heterocycles. The average Bonchev–Trinajstić information content (AvgIpc) is 2.52. The number of rotatable bonds is 5. The second kappa shape index (κ2) is 7.81. The largest absolute Gasteiger partial charge is 0.480 e. The molecule has 4 heteroatoms. The smallest absolute Gasteiger partial charge is 0.326 e. The van der Waals surface area contributed by atoms with Gasteiger partial charge in [-0.1, -0.05) is 26.2 Å². The van der Waals surface area contributed by atoms with Crippen LogP contribution in [0, 0.1) is 11.8 Å². The van der Waals surface area contributed by atoms with E-state index >= 15 is 0 Å². The molecule has 2 rings (SSSR count). The number of carboxylic acid groups (broad SMARTS) is 1. The van der Waals surface area contributed by atoms with Crippen LogP contribution in [0.3, 0.4) is 0 Å². The molecular formula is C17H29NO3. The van der Waals surface area contributed by atoms with Gasteiger partial charge in [-0.3, -0.25) is 4.79 Å². The fraction of sp³-hybridized carbons (Fsp3) is 0.882. The second-order valence-electron chi connectivity index (χ2n) is 6.74. The molecule has 0 radical (unpaired) electrons. The van der Waals surface area contributed by atoms with Crippen LogP contribution in [0.4, 0.5) is 0 Å². The number of hydrogen-bond acceptors (Lipinski definition) is 2. The first-order valence-corrected chi connectivity index (χ1v) is 8.66. The molecule has 1 amide bonds. The summed E-state index contributed by atoms with van der Waals surface area (Å²) in [5.74, 6) is 0.129. The topological polar surface area (TPSA) is 57.6 Å². The molecular weight excluding hydrogens is 266 g/mol. The lowest BCUT2D eigenvalue weighted by atomic mass is 9.79. The number of carbonyl (C=O) groups excluding carboxylic acids is 1. The van der Waals surface area contributed by atoms with Crippen molar-refractivity contribution in [2.75, 3.05) is 6.54 Å². The molecule has 1 aliphatic carbocycles. The van der Waals surface area contributed by atoms with Crippen molar-refractivity contribution in [3.63, 3.8) is 0 Å². The Hall–Kier alpha value is -1.06. The highest BCUT2D eigenvalue weighted by atomic mass is 16.4. The van der Waals surface area contributed by atoms with Gasteiger partial charge in [-0.2, -0.15) is 0 Å². The van der Waals surface area contributed by atoms with Crippen molar-refractivity contribution in [1.29, 1.82) is 0 Å². The van der Waals surface area contributed by atoms with Crippen LogP contribution in [0.25, 0.3) is 0 Å². The van der Waals surface area contributed by atoms with Crippen LogP contribution < -0.4 is 0 Å². The van der Waals surface area contributed by atoms with Crippen molar-refractivity contribution in [3.05, 3.63) is 0 Å². The lowest BCUT2D eigenvalue weighted by Crippen LogP contribution is -2.50. The van der Waals surface area contributed by atoms with Gasteiger partial charge >= 0.3 is 5.97 Å². The molecule has 0 spiro atoms. The molecule has 2 aliphatic rings. The zero-order chi connectivity index (χ0) is 15.2. The highest BCUT2D eigenvalue weighted by Crippen LogP contribution is 2.34. The molecule has 0 bridgehead atoms. The summed E-state index contributed by atoms with van der Waals surface area (Å²) in [5, 5.41) is 9.30. The zero-order valence-electron chi connectivity index (χ0n) is 13.2. The van der Waals surface area contributed by atoms with Crippen LogP contribution >= 0.6 is 0 Å². The van der Waals surface area contributed by atoms with Gasteiger partial charge in [0.05, 0.1) is 0 Å². The van der Waals surface area contributed by atoms with Crippen molar-refractivity contribution in [2.45, 2.75) is 77.2 Å². The Morgan fingerprint density at radius 1 is 1.10 bits per heavy atom. The summed E-state index contributed by atoms with van der Waals surface area (Å²) in [5.41, 5.74) is 0. The third kappa shape index (κ3) is 4.21. The van der Waals surface area contributed by atoms with Gasteiger partial charge in [-0.05, 0) is 50.9 Å². The van der Waals surface area contributed by atoms with E-state index in [0.717, 1.165) is 44.4 Å². The van der Waals surface area contributed by atoms with Crippen molar-refractivity contribution < 1.29 is 14.7 Å². The van der Waals surface area contributed by atoms with Crippen molar-refractivity contribution in [2.24, 2.45) is 11.8 Å². The molecule has 1 saturated heterocycles. The maximum absolute atomic E-state index is 12.7. The van der Waals surface area contributed by atoms with Gasteiger partial charge < -0.3 is 10.0 Å². The third-order valence-corrected chi connectivity index (χ3v) is 5.23. The fourth-order valence-corrected chi connectivity index (χ4v) is 3.88. The van der Waals surface area contributed by atoms with Crippen molar-refractivity contribution >= 4 is 11.9 Å². The van der Waals surface area contributed by atoms with E-state index in [1.165, 1.54) is 19.3 Å². The van der Waals surface area contributed by atoms with Gasteiger partial charge in [0.1, 0.15) is 6.04 Å². The number of nitrogens with zero attached hydrogens (tertiary/aromatic N) is 1. The minimum absolute atomic E-state index is 0.0721. The van der Waals surface area contributed by atoms with E-state index in [-0.39, 0.29) is 11.8 Å². The normalized spacial score (nSPS) is 30.1. The molecule has 4 nitrogen and oxygen atoms in total. The van der Waals surface area contributed by atoms with Gasteiger partial charge in [-0.25, -0.2) is 4.79 Å². The van der Waals surface area contributed by atoms with Crippen molar-refractivity contribution in [1.82, 2.24) is 4.90 Å². The lowest BCUT2D eigenvalue weighted by molar-refractivity contribution is -0.154. The van der Waals surface area contributed by atoms with E-state index in [0.29, 0.717) is 13.0 Å². The number of carbonyl (C=O) groups is 2. The molecule has 0 aromatic rings. The molecule has 1 heterocycles. The Morgan fingerprint density at radius 2 is 1.81 bits per heavy atom. The van der Waals surface area contributed by atoms with Gasteiger partial charge in [0.2, 0.25) is 5.91 Å². The van der Waals surface area contributed by atoms with E-state index < -0.39 is 12.0 Å². The van der Waals surface area contributed by atoms with Gasteiger partial charge in [0.25, 0.3) is 0 Å². The number of carboxylic acids is 1. The summed E-state index contributed by atoms with van der Waals surface area (Å²) in [6.07, 6.45) is 10.5. The Morgan fingerprint density at radius 3 is 2.43 bits per heavy atom. The Balaban J connectivity index is 1.87. The number of hydrogen-bond donors (Lipinski definition) is 1. The zero-order valence-corrected chi connectivity index (χ0v) is 13.2. The van der Waals surface area contributed by atoms with Crippen LogP contribution in [0.5, 0.6) is 0 Å². The fourth-order valence-electron chi connectivity index (χ4n) is 3.88. The van der Waals surface area contributed by atoms with E-state index in [9.17, 15) is 14.7 Å². The van der Waals surface area contributed by atoms with E-state index in [4.69, 9.17) is 0 Å². The highest BCUT2D eigenvalue weighted by Gasteiger charge is 2.36. The van der Waals surface area contributed by atoms with E-state index in [2.05, 4.69) is 6.92 Å². The summed E-state index contributed by atoms with van der Waals surface area (Å²) in [6, 6.07) is -0.580. The summed E-state index contributed by atoms with van der Waals surface area (Å²) >= 11 is 0. The van der Waals surface area contributed by atoms with Crippen LogP contribution in [-0.4, -0.2) is 34.5 Å². The van der Waals surface area contributed by atoms with Crippen LogP contribution in [0.2, 0.25) is 0 Å². The number of likely N-dealkylation sites (tertiary alicyclic amines) is 1. The number of piperidine rings is 1. The molecule has 0 aromatic heterocycles. The molecule has 0 unspecified atom stereocenters. The van der Waals surface area contributed by atoms with E-state index in [1.54, 1.807) is 4.90 Å². The maximum atomic E-state index is 12.7. The first-order chi connectivity index (χ1) is 10.1. The summed E-state index contributed by atoms with van der Waals surface area (Å²) in [7, 11) is 0.